The monoisotopic (exact) mass is 434 g/mol. The number of hydrogen-bond acceptors (Lipinski definition) is 5. The molecule has 0 aliphatic rings. The molecule has 0 heterocycles. The first-order chi connectivity index (χ1) is 13.8. The highest BCUT2D eigenvalue weighted by atomic mass is 35.5. The predicted octanol–water partition coefficient (Wildman–Crippen LogP) is 4.05. The molecule has 2 aromatic carbocycles. The van der Waals surface area contributed by atoms with Gasteiger partial charge in [0.15, 0.2) is 0 Å². The molecule has 0 aromatic heterocycles. The van der Waals surface area contributed by atoms with Gasteiger partial charge in [0.1, 0.15) is 5.75 Å². The number of aliphatic carboxylic acids is 1. The van der Waals surface area contributed by atoms with Gasteiger partial charge in [-0.2, -0.15) is 0 Å². The molecule has 3 N–H and O–H groups in total. The second-order valence-electron chi connectivity index (χ2n) is 5.78. The van der Waals surface area contributed by atoms with E-state index in [1.54, 1.807) is 49.4 Å². The molecule has 2 rings (SSSR count). The van der Waals surface area contributed by atoms with E-state index in [1.165, 1.54) is 18.9 Å². The molecule has 9 heteroatoms. The highest BCUT2D eigenvalue weighted by Crippen LogP contribution is 2.30. The predicted molar refractivity (Wildman–Crippen MR) is 114 cm³/mol. The molecule has 0 saturated carbocycles. The van der Waals surface area contributed by atoms with Crippen molar-refractivity contribution in [3.8, 4) is 5.75 Å². The van der Waals surface area contributed by atoms with Crippen LogP contribution in [0.4, 0.5) is 11.4 Å². The van der Waals surface area contributed by atoms with Gasteiger partial charge in [0, 0.05) is 27.8 Å². The number of benzene rings is 2. The second kappa shape index (κ2) is 10.5. The Morgan fingerprint density at radius 3 is 2.41 bits per heavy atom. The summed E-state index contributed by atoms with van der Waals surface area (Å²) in [4.78, 5) is 35.3. The van der Waals surface area contributed by atoms with Gasteiger partial charge in [0.25, 0.3) is 0 Å². The number of amides is 2. The molecule has 2 amide bonds. The smallest absolute Gasteiger partial charge is 0.328 e. The Morgan fingerprint density at radius 1 is 1.10 bits per heavy atom. The SMILES string of the molecule is COc1ccc(Cl)cc1NC(=O)C(C)Sc1ccc(NC(=O)/C=C/C(=O)O)cc1. The van der Waals surface area contributed by atoms with Crippen molar-refractivity contribution in [3.05, 3.63) is 59.6 Å². The molecule has 152 valence electrons. The fourth-order valence-corrected chi connectivity index (χ4v) is 3.26. The van der Waals surface area contributed by atoms with Gasteiger partial charge in [-0.05, 0) is 49.4 Å². The van der Waals surface area contributed by atoms with Crippen molar-refractivity contribution >= 4 is 52.5 Å². The highest BCUT2D eigenvalue weighted by Gasteiger charge is 2.16. The van der Waals surface area contributed by atoms with E-state index in [0.717, 1.165) is 17.0 Å². The van der Waals surface area contributed by atoms with Crippen molar-refractivity contribution in [2.45, 2.75) is 17.1 Å². The number of thioether (sulfide) groups is 1. The van der Waals surface area contributed by atoms with Crippen LogP contribution in [0.25, 0.3) is 0 Å². The Kier molecular flexibility index (Phi) is 8.11. The second-order valence-corrected chi connectivity index (χ2v) is 7.63. The molecular weight excluding hydrogens is 416 g/mol. The molecule has 0 saturated heterocycles. The van der Waals surface area contributed by atoms with Gasteiger partial charge in [-0.3, -0.25) is 9.59 Å². The molecule has 0 fully saturated rings. The number of rotatable bonds is 8. The van der Waals surface area contributed by atoms with Gasteiger partial charge in [0.2, 0.25) is 11.8 Å². The standard InChI is InChI=1S/C20H19ClN2O5S/c1-12(20(27)23-16-11-13(21)3-8-17(16)28-2)29-15-6-4-14(5-7-15)22-18(24)9-10-19(25)26/h3-12H,1-2H3,(H,22,24)(H,23,27)(H,25,26)/b10-9+. The van der Waals surface area contributed by atoms with Crippen molar-refractivity contribution in [1.82, 2.24) is 0 Å². The molecule has 0 spiro atoms. The summed E-state index contributed by atoms with van der Waals surface area (Å²) in [6.07, 6.45) is 1.69. The number of nitrogens with one attached hydrogen (secondary N) is 2. The van der Waals surface area contributed by atoms with Crippen molar-refractivity contribution < 1.29 is 24.2 Å². The van der Waals surface area contributed by atoms with Crippen LogP contribution in [0.2, 0.25) is 5.02 Å². The summed E-state index contributed by atoms with van der Waals surface area (Å²) in [5, 5.41) is 13.9. The summed E-state index contributed by atoms with van der Waals surface area (Å²) in [6, 6.07) is 11.8. The van der Waals surface area contributed by atoms with Gasteiger partial charge < -0.3 is 20.5 Å². The van der Waals surface area contributed by atoms with Gasteiger partial charge in [-0.1, -0.05) is 11.6 Å². The summed E-state index contributed by atoms with van der Waals surface area (Å²) in [5.41, 5.74) is 1.00. The van der Waals surface area contributed by atoms with Crippen LogP contribution in [0, 0.1) is 0 Å². The lowest BCUT2D eigenvalue weighted by Crippen LogP contribution is -2.22. The third kappa shape index (κ3) is 7.17. The van der Waals surface area contributed by atoms with Crippen molar-refractivity contribution in [2.75, 3.05) is 17.7 Å². The minimum absolute atomic E-state index is 0.216. The molecule has 0 aliphatic carbocycles. The fourth-order valence-electron chi connectivity index (χ4n) is 2.22. The molecular formula is C20H19ClN2O5S. The Morgan fingerprint density at radius 2 is 1.79 bits per heavy atom. The molecule has 0 bridgehead atoms. The van der Waals surface area contributed by atoms with E-state index in [0.29, 0.717) is 22.1 Å². The minimum Gasteiger partial charge on any atom is -0.495 e. The van der Waals surface area contributed by atoms with Crippen LogP contribution in [-0.2, 0) is 14.4 Å². The summed E-state index contributed by atoms with van der Waals surface area (Å²) >= 11 is 7.32. The Balaban J connectivity index is 1.95. The molecule has 2 aromatic rings. The first kappa shape index (κ1) is 22.3. The van der Waals surface area contributed by atoms with Gasteiger partial charge >= 0.3 is 5.97 Å². The number of hydrogen-bond donors (Lipinski definition) is 3. The van der Waals surface area contributed by atoms with E-state index in [9.17, 15) is 14.4 Å². The molecule has 1 atom stereocenters. The third-order valence-electron chi connectivity index (χ3n) is 3.60. The van der Waals surface area contributed by atoms with Crippen LogP contribution in [0.15, 0.2) is 59.5 Å². The number of carbonyl (C=O) groups excluding carboxylic acids is 2. The van der Waals surface area contributed by atoms with Crippen LogP contribution in [-0.4, -0.2) is 35.2 Å². The molecule has 0 radical (unpaired) electrons. The maximum Gasteiger partial charge on any atom is 0.328 e. The average molecular weight is 435 g/mol. The van der Waals surface area contributed by atoms with Crippen LogP contribution < -0.4 is 15.4 Å². The largest absolute Gasteiger partial charge is 0.495 e. The maximum absolute atomic E-state index is 12.5. The third-order valence-corrected chi connectivity index (χ3v) is 4.95. The zero-order chi connectivity index (χ0) is 21.4. The molecule has 1 unspecified atom stereocenters. The Labute approximate surface area is 177 Å². The summed E-state index contributed by atoms with van der Waals surface area (Å²) in [6.45, 7) is 1.77. The number of carboxylic acid groups (broad SMARTS) is 1. The number of anilines is 2. The summed E-state index contributed by atoms with van der Waals surface area (Å²) in [7, 11) is 1.51. The fraction of sp³-hybridized carbons (Fsp3) is 0.150. The quantitative estimate of drug-likeness (QED) is 0.427. The number of carboxylic acids is 1. The zero-order valence-corrected chi connectivity index (χ0v) is 17.2. The van der Waals surface area contributed by atoms with Gasteiger partial charge in [-0.15, -0.1) is 11.8 Å². The van der Waals surface area contributed by atoms with Crippen molar-refractivity contribution in [3.63, 3.8) is 0 Å². The van der Waals surface area contributed by atoms with Crippen LogP contribution in [0.5, 0.6) is 5.75 Å². The van der Waals surface area contributed by atoms with Crippen molar-refractivity contribution in [1.29, 1.82) is 0 Å². The van der Waals surface area contributed by atoms with E-state index in [1.807, 2.05) is 0 Å². The van der Waals surface area contributed by atoms with E-state index in [-0.39, 0.29) is 5.91 Å². The molecule has 7 nitrogen and oxygen atoms in total. The Hall–Kier alpha value is -2.97. The Bertz CT molecular complexity index is 931. The lowest BCUT2D eigenvalue weighted by atomic mass is 10.3. The topological polar surface area (TPSA) is 105 Å². The maximum atomic E-state index is 12.5. The van der Waals surface area contributed by atoms with E-state index < -0.39 is 17.1 Å². The van der Waals surface area contributed by atoms with Crippen molar-refractivity contribution in [2.24, 2.45) is 0 Å². The highest BCUT2D eigenvalue weighted by molar-refractivity contribution is 8.00. The van der Waals surface area contributed by atoms with Gasteiger partial charge in [0.05, 0.1) is 18.0 Å². The lowest BCUT2D eigenvalue weighted by molar-refractivity contribution is -0.131. The van der Waals surface area contributed by atoms with Crippen LogP contribution in [0.3, 0.4) is 0 Å². The van der Waals surface area contributed by atoms with E-state index >= 15 is 0 Å². The lowest BCUT2D eigenvalue weighted by Gasteiger charge is -2.14. The molecule has 0 aliphatic heterocycles. The van der Waals surface area contributed by atoms with E-state index in [2.05, 4.69) is 10.6 Å². The number of carbonyl (C=O) groups is 3. The summed E-state index contributed by atoms with van der Waals surface area (Å²) in [5.74, 6) is -1.45. The normalized spacial score (nSPS) is 11.7. The van der Waals surface area contributed by atoms with Gasteiger partial charge in [-0.25, -0.2) is 4.79 Å². The number of halogens is 1. The van der Waals surface area contributed by atoms with E-state index in [4.69, 9.17) is 21.4 Å². The first-order valence-corrected chi connectivity index (χ1v) is 9.67. The number of ether oxygens (including phenoxy) is 1. The molecule has 29 heavy (non-hydrogen) atoms. The average Bonchev–Trinajstić information content (AvgIpc) is 2.68. The first-order valence-electron chi connectivity index (χ1n) is 8.41. The number of methoxy groups -OCH3 is 1. The summed E-state index contributed by atoms with van der Waals surface area (Å²) < 4.78 is 5.22. The minimum atomic E-state index is -1.20. The zero-order valence-electron chi connectivity index (χ0n) is 15.6. The van der Waals surface area contributed by atoms with Crippen LogP contribution >= 0.6 is 23.4 Å². The van der Waals surface area contributed by atoms with Crippen LogP contribution in [0.1, 0.15) is 6.92 Å².